The summed E-state index contributed by atoms with van der Waals surface area (Å²) in [4.78, 5) is 24.3. The highest BCUT2D eigenvalue weighted by molar-refractivity contribution is 6.04. The van der Waals surface area contributed by atoms with Crippen LogP contribution < -0.4 is 14.8 Å². The van der Waals surface area contributed by atoms with Crippen molar-refractivity contribution in [2.45, 2.75) is 19.3 Å². The van der Waals surface area contributed by atoms with E-state index in [9.17, 15) is 14.0 Å². The van der Waals surface area contributed by atoms with Gasteiger partial charge < -0.3 is 14.8 Å². The Morgan fingerprint density at radius 1 is 1.27 bits per heavy atom. The fourth-order valence-electron chi connectivity index (χ4n) is 2.76. The van der Waals surface area contributed by atoms with Crippen molar-refractivity contribution in [2.24, 2.45) is 0 Å². The standard InChI is InChI=1S/C20H20FNO4/c1-2-9-22-19(23)12-25-15-7-8-16-18(10-15)26-11-17(20(16)24)13-3-5-14(21)6-4-13/h3-8,10,17H,2,9,11-12H2,1H3,(H,22,23). The van der Waals surface area contributed by atoms with Gasteiger partial charge in [0.2, 0.25) is 0 Å². The molecule has 2 aromatic rings. The lowest BCUT2D eigenvalue weighted by Crippen LogP contribution is -2.29. The number of halogens is 1. The second-order valence-electron chi connectivity index (χ2n) is 6.08. The molecule has 0 fully saturated rings. The molecule has 2 aromatic carbocycles. The van der Waals surface area contributed by atoms with E-state index < -0.39 is 5.92 Å². The summed E-state index contributed by atoms with van der Waals surface area (Å²) >= 11 is 0. The SMILES string of the molecule is CCCNC(=O)COc1ccc2c(c1)OCC(c1ccc(F)cc1)C2=O. The number of Topliss-reactive ketones (excluding diaryl/α,β-unsaturated/α-hetero) is 1. The minimum atomic E-state index is -0.463. The average molecular weight is 357 g/mol. The zero-order valence-electron chi connectivity index (χ0n) is 14.5. The summed E-state index contributed by atoms with van der Waals surface area (Å²) in [5, 5.41) is 2.72. The number of fused-ring (bicyclic) bond motifs is 1. The maximum Gasteiger partial charge on any atom is 0.257 e. The highest BCUT2D eigenvalue weighted by atomic mass is 19.1. The maximum atomic E-state index is 13.1. The molecule has 1 amide bonds. The molecule has 3 rings (SSSR count). The predicted octanol–water partition coefficient (Wildman–Crippen LogP) is 3.09. The van der Waals surface area contributed by atoms with Crippen molar-refractivity contribution in [3.05, 3.63) is 59.4 Å². The maximum absolute atomic E-state index is 13.1. The second kappa shape index (κ2) is 7.99. The van der Waals surface area contributed by atoms with E-state index in [0.717, 1.165) is 12.0 Å². The summed E-state index contributed by atoms with van der Waals surface area (Å²) in [6.07, 6.45) is 0.857. The number of hydrogen-bond acceptors (Lipinski definition) is 4. The largest absolute Gasteiger partial charge is 0.492 e. The zero-order valence-corrected chi connectivity index (χ0v) is 14.5. The lowest BCUT2D eigenvalue weighted by Gasteiger charge is -2.24. The van der Waals surface area contributed by atoms with Gasteiger partial charge in [0.1, 0.15) is 23.9 Å². The molecular formula is C20H20FNO4. The Morgan fingerprint density at radius 2 is 2.04 bits per heavy atom. The van der Waals surface area contributed by atoms with E-state index in [1.807, 2.05) is 6.92 Å². The Balaban J connectivity index is 1.69. The van der Waals surface area contributed by atoms with Crippen molar-refractivity contribution in [1.82, 2.24) is 5.32 Å². The summed E-state index contributed by atoms with van der Waals surface area (Å²) in [5.74, 6) is -0.191. The molecule has 1 N–H and O–H groups in total. The third-order valence-electron chi connectivity index (χ3n) is 4.16. The number of carbonyl (C=O) groups excluding carboxylic acids is 2. The van der Waals surface area contributed by atoms with E-state index in [4.69, 9.17) is 9.47 Å². The number of ether oxygens (including phenoxy) is 2. The Hall–Kier alpha value is -2.89. The first kappa shape index (κ1) is 17.9. The summed E-state index contributed by atoms with van der Waals surface area (Å²) in [5.41, 5.74) is 1.17. The van der Waals surface area contributed by atoms with Crippen molar-refractivity contribution in [2.75, 3.05) is 19.8 Å². The predicted molar refractivity (Wildman–Crippen MR) is 94.2 cm³/mol. The summed E-state index contributed by atoms with van der Waals surface area (Å²) in [7, 11) is 0. The fourth-order valence-corrected chi connectivity index (χ4v) is 2.76. The number of rotatable bonds is 6. The fraction of sp³-hybridized carbons (Fsp3) is 0.300. The Morgan fingerprint density at radius 3 is 2.77 bits per heavy atom. The van der Waals surface area contributed by atoms with Crippen molar-refractivity contribution >= 4 is 11.7 Å². The van der Waals surface area contributed by atoms with Crippen LogP contribution in [0.3, 0.4) is 0 Å². The number of amides is 1. The average Bonchev–Trinajstić information content (AvgIpc) is 2.66. The minimum Gasteiger partial charge on any atom is -0.492 e. The molecule has 1 aliphatic rings. The van der Waals surface area contributed by atoms with Crippen molar-refractivity contribution in [3.8, 4) is 11.5 Å². The summed E-state index contributed by atoms with van der Waals surface area (Å²) in [6, 6.07) is 10.7. The normalized spacial score (nSPS) is 15.8. The van der Waals surface area contributed by atoms with Gasteiger partial charge in [0.15, 0.2) is 12.4 Å². The monoisotopic (exact) mass is 357 g/mol. The molecule has 1 heterocycles. The lowest BCUT2D eigenvalue weighted by atomic mass is 9.89. The number of hydrogen-bond donors (Lipinski definition) is 1. The molecule has 0 aliphatic carbocycles. The first-order chi connectivity index (χ1) is 12.6. The van der Waals surface area contributed by atoms with Crippen molar-refractivity contribution in [1.29, 1.82) is 0 Å². The quantitative estimate of drug-likeness (QED) is 0.863. The Kier molecular flexibility index (Phi) is 5.51. The van der Waals surface area contributed by atoms with Crippen molar-refractivity contribution < 1.29 is 23.5 Å². The van der Waals surface area contributed by atoms with Gasteiger partial charge in [-0.05, 0) is 36.2 Å². The van der Waals surface area contributed by atoms with Gasteiger partial charge in [0, 0.05) is 12.6 Å². The minimum absolute atomic E-state index is 0.0786. The Bertz CT molecular complexity index is 804. The van der Waals surface area contributed by atoms with Crippen LogP contribution in [0.2, 0.25) is 0 Å². The summed E-state index contributed by atoms with van der Waals surface area (Å²) < 4.78 is 24.2. The van der Waals surface area contributed by atoms with Gasteiger partial charge in [-0.2, -0.15) is 0 Å². The number of nitrogens with one attached hydrogen (secondary N) is 1. The van der Waals surface area contributed by atoms with Crippen LogP contribution in [0, 0.1) is 5.82 Å². The highest BCUT2D eigenvalue weighted by Gasteiger charge is 2.30. The zero-order chi connectivity index (χ0) is 18.5. The third-order valence-corrected chi connectivity index (χ3v) is 4.16. The first-order valence-electron chi connectivity index (χ1n) is 8.54. The molecule has 5 nitrogen and oxygen atoms in total. The van der Waals surface area contributed by atoms with E-state index in [-0.39, 0.29) is 30.7 Å². The van der Waals surface area contributed by atoms with Crippen molar-refractivity contribution in [3.63, 3.8) is 0 Å². The van der Waals surface area contributed by atoms with Crippen LogP contribution in [0.25, 0.3) is 0 Å². The molecule has 6 heteroatoms. The molecule has 0 saturated carbocycles. The van der Waals surface area contributed by atoms with Gasteiger partial charge in [-0.1, -0.05) is 19.1 Å². The topological polar surface area (TPSA) is 64.6 Å². The van der Waals surface area contributed by atoms with Gasteiger partial charge in [-0.25, -0.2) is 4.39 Å². The molecule has 1 atom stereocenters. The van der Waals surface area contributed by atoms with Gasteiger partial charge in [0.05, 0.1) is 11.5 Å². The van der Waals surface area contributed by atoms with E-state index in [1.165, 1.54) is 12.1 Å². The van der Waals surface area contributed by atoms with Gasteiger partial charge >= 0.3 is 0 Å². The van der Waals surface area contributed by atoms with Crippen LogP contribution in [0.4, 0.5) is 4.39 Å². The first-order valence-corrected chi connectivity index (χ1v) is 8.54. The van der Waals surface area contributed by atoms with Crippen LogP contribution in [-0.2, 0) is 4.79 Å². The lowest BCUT2D eigenvalue weighted by molar-refractivity contribution is -0.123. The number of ketones is 1. The van der Waals surface area contributed by atoms with Crippen LogP contribution in [0.15, 0.2) is 42.5 Å². The molecule has 136 valence electrons. The van der Waals surface area contributed by atoms with Crippen LogP contribution in [0.5, 0.6) is 11.5 Å². The molecule has 1 unspecified atom stereocenters. The molecule has 0 saturated heterocycles. The van der Waals surface area contributed by atoms with Crippen LogP contribution in [0.1, 0.15) is 35.2 Å². The van der Waals surface area contributed by atoms with Gasteiger partial charge in [-0.3, -0.25) is 9.59 Å². The van der Waals surface area contributed by atoms with Gasteiger partial charge in [-0.15, -0.1) is 0 Å². The molecule has 0 aromatic heterocycles. The van der Waals surface area contributed by atoms with Gasteiger partial charge in [0.25, 0.3) is 5.91 Å². The molecule has 0 bridgehead atoms. The third kappa shape index (κ3) is 4.02. The molecule has 1 aliphatic heterocycles. The Labute approximate surface area is 151 Å². The molecule has 0 spiro atoms. The smallest absolute Gasteiger partial charge is 0.257 e. The van der Waals surface area contributed by atoms with Crippen LogP contribution in [-0.4, -0.2) is 31.4 Å². The molecular weight excluding hydrogens is 337 g/mol. The van der Waals surface area contributed by atoms with E-state index in [0.29, 0.717) is 23.6 Å². The van der Waals surface area contributed by atoms with E-state index >= 15 is 0 Å². The van der Waals surface area contributed by atoms with E-state index in [2.05, 4.69) is 5.32 Å². The molecule has 0 radical (unpaired) electrons. The molecule has 26 heavy (non-hydrogen) atoms. The van der Waals surface area contributed by atoms with Crippen LogP contribution >= 0.6 is 0 Å². The summed E-state index contributed by atoms with van der Waals surface area (Å²) in [6.45, 7) is 2.66. The van der Waals surface area contributed by atoms with E-state index in [1.54, 1.807) is 30.3 Å². The number of carbonyl (C=O) groups is 2. The number of benzene rings is 2. The highest BCUT2D eigenvalue weighted by Crippen LogP contribution is 2.34. The second-order valence-corrected chi connectivity index (χ2v) is 6.08.